The standard InChI is InChI=1S/C14H13Br2NOS/c15-10-1-4-12(5-2-10)18-7-8-19-14-6-3-11(16)9-13(14)17/h1-6,9H,7-8,17H2. The highest BCUT2D eigenvalue weighted by Crippen LogP contribution is 2.27. The summed E-state index contributed by atoms with van der Waals surface area (Å²) < 4.78 is 7.71. The number of nitrogens with two attached hydrogens (primary N) is 1. The first-order chi connectivity index (χ1) is 9.15. The molecular weight excluding hydrogens is 390 g/mol. The molecule has 0 radical (unpaired) electrons. The summed E-state index contributed by atoms with van der Waals surface area (Å²) in [5, 5.41) is 0. The SMILES string of the molecule is Nc1cc(Br)ccc1SCCOc1ccc(Br)cc1. The topological polar surface area (TPSA) is 35.2 Å². The number of halogens is 2. The molecule has 0 spiro atoms. The number of hydrogen-bond acceptors (Lipinski definition) is 3. The van der Waals surface area contributed by atoms with E-state index in [0.29, 0.717) is 6.61 Å². The van der Waals surface area contributed by atoms with Gasteiger partial charge in [0.2, 0.25) is 0 Å². The monoisotopic (exact) mass is 401 g/mol. The predicted molar refractivity (Wildman–Crippen MR) is 88.9 cm³/mol. The average molecular weight is 403 g/mol. The fourth-order valence-corrected chi connectivity index (χ4v) is 2.91. The highest BCUT2D eigenvalue weighted by Gasteiger charge is 2.01. The normalized spacial score (nSPS) is 10.4. The molecule has 5 heteroatoms. The van der Waals surface area contributed by atoms with Gasteiger partial charge in [-0.25, -0.2) is 0 Å². The van der Waals surface area contributed by atoms with Crippen LogP contribution in [-0.2, 0) is 0 Å². The Morgan fingerprint density at radius 1 is 1.00 bits per heavy atom. The molecule has 0 aliphatic heterocycles. The molecule has 0 amide bonds. The first kappa shape index (κ1) is 14.8. The minimum Gasteiger partial charge on any atom is -0.493 e. The van der Waals surface area contributed by atoms with Gasteiger partial charge in [0, 0.05) is 25.3 Å². The van der Waals surface area contributed by atoms with Crippen molar-refractivity contribution >= 4 is 49.3 Å². The van der Waals surface area contributed by atoms with E-state index in [9.17, 15) is 0 Å². The summed E-state index contributed by atoms with van der Waals surface area (Å²) in [5.41, 5.74) is 6.73. The molecule has 2 N–H and O–H groups in total. The third-order valence-corrected chi connectivity index (χ3v) is 4.47. The Bertz CT molecular complexity index is 546. The van der Waals surface area contributed by atoms with Crippen molar-refractivity contribution in [1.29, 1.82) is 0 Å². The molecule has 0 fully saturated rings. The third kappa shape index (κ3) is 4.75. The average Bonchev–Trinajstić information content (AvgIpc) is 2.39. The largest absolute Gasteiger partial charge is 0.493 e. The molecular formula is C14H13Br2NOS. The van der Waals surface area contributed by atoms with Gasteiger partial charge in [0.25, 0.3) is 0 Å². The summed E-state index contributed by atoms with van der Waals surface area (Å²) >= 11 is 8.49. The number of benzene rings is 2. The quantitative estimate of drug-likeness (QED) is 0.435. The molecule has 0 unspecified atom stereocenters. The van der Waals surface area contributed by atoms with Gasteiger partial charge in [0.1, 0.15) is 5.75 Å². The van der Waals surface area contributed by atoms with E-state index in [1.54, 1.807) is 11.8 Å². The molecule has 2 nitrogen and oxygen atoms in total. The van der Waals surface area contributed by atoms with Crippen LogP contribution in [0.4, 0.5) is 5.69 Å². The predicted octanol–water partition coefficient (Wildman–Crippen LogP) is 4.96. The number of anilines is 1. The molecule has 2 aromatic carbocycles. The molecule has 0 bridgehead atoms. The van der Waals surface area contributed by atoms with Crippen LogP contribution in [-0.4, -0.2) is 12.4 Å². The third-order valence-electron chi connectivity index (χ3n) is 2.40. The van der Waals surface area contributed by atoms with Gasteiger partial charge >= 0.3 is 0 Å². The number of thioether (sulfide) groups is 1. The lowest BCUT2D eigenvalue weighted by Crippen LogP contribution is -2.00. The van der Waals surface area contributed by atoms with Crippen LogP contribution < -0.4 is 10.5 Å². The summed E-state index contributed by atoms with van der Waals surface area (Å²) in [6.45, 7) is 0.655. The fraction of sp³-hybridized carbons (Fsp3) is 0.143. The second-order valence-corrected chi connectivity index (χ2v) is 6.80. The Morgan fingerprint density at radius 3 is 2.37 bits per heavy atom. The van der Waals surface area contributed by atoms with Crippen molar-refractivity contribution < 1.29 is 4.74 Å². The van der Waals surface area contributed by atoms with Crippen LogP contribution in [0.15, 0.2) is 56.3 Å². The first-order valence-electron chi connectivity index (χ1n) is 5.71. The number of rotatable bonds is 5. The number of ether oxygens (including phenoxy) is 1. The minimum atomic E-state index is 0.655. The van der Waals surface area contributed by atoms with Crippen molar-refractivity contribution in [3.8, 4) is 5.75 Å². The van der Waals surface area contributed by atoms with E-state index < -0.39 is 0 Å². The lowest BCUT2D eigenvalue weighted by atomic mass is 10.3. The molecule has 0 atom stereocenters. The second-order valence-electron chi connectivity index (χ2n) is 3.83. The molecule has 0 aliphatic carbocycles. The molecule has 0 saturated heterocycles. The summed E-state index contributed by atoms with van der Waals surface area (Å²) in [5.74, 6) is 1.75. The molecule has 0 heterocycles. The van der Waals surface area contributed by atoms with E-state index >= 15 is 0 Å². The van der Waals surface area contributed by atoms with E-state index in [4.69, 9.17) is 10.5 Å². The molecule has 19 heavy (non-hydrogen) atoms. The van der Waals surface area contributed by atoms with Crippen LogP contribution in [0.3, 0.4) is 0 Å². The molecule has 100 valence electrons. The van der Waals surface area contributed by atoms with Crippen LogP contribution in [0.25, 0.3) is 0 Å². The van der Waals surface area contributed by atoms with Crippen molar-refractivity contribution in [2.45, 2.75) is 4.90 Å². The Labute approximate surface area is 134 Å². The summed E-state index contributed by atoms with van der Waals surface area (Å²) in [6, 6.07) is 13.8. The van der Waals surface area contributed by atoms with Crippen molar-refractivity contribution in [3.05, 3.63) is 51.4 Å². The van der Waals surface area contributed by atoms with E-state index in [0.717, 1.165) is 31.0 Å². The van der Waals surface area contributed by atoms with Gasteiger partial charge in [0.15, 0.2) is 0 Å². The number of hydrogen-bond donors (Lipinski definition) is 1. The van der Waals surface area contributed by atoms with Crippen LogP contribution in [0.5, 0.6) is 5.75 Å². The molecule has 0 saturated carbocycles. The van der Waals surface area contributed by atoms with Crippen molar-refractivity contribution in [2.24, 2.45) is 0 Å². The van der Waals surface area contributed by atoms with Crippen molar-refractivity contribution in [3.63, 3.8) is 0 Å². The lowest BCUT2D eigenvalue weighted by Gasteiger charge is -2.08. The van der Waals surface area contributed by atoms with Crippen LogP contribution in [0, 0.1) is 0 Å². The van der Waals surface area contributed by atoms with Crippen LogP contribution >= 0.6 is 43.6 Å². The Kier molecular flexibility index (Phi) is 5.60. The van der Waals surface area contributed by atoms with Gasteiger partial charge in [-0.05, 0) is 42.5 Å². The zero-order valence-electron chi connectivity index (χ0n) is 10.1. The minimum absolute atomic E-state index is 0.655. The van der Waals surface area contributed by atoms with Crippen LogP contribution in [0.2, 0.25) is 0 Å². The van der Waals surface area contributed by atoms with Gasteiger partial charge in [0.05, 0.1) is 6.61 Å². The van der Waals surface area contributed by atoms with Crippen molar-refractivity contribution in [1.82, 2.24) is 0 Å². The first-order valence-corrected chi connectivity index (χ1v) is 8.28. The van der Waals surface area contributed by atoms with E-state index in [1.165, 1.54) is 0 Å². The lowest BCUT2D eigenvalue weighted by molar-refractivity contribution is 0.344. The highest BCUT2D eigenvalue weighted by molar-refractivity contribution is 9.10. The summed E-state index contributed by atoms with van der Waals surface area (Å²) in [6.07, 6.45) is 0. The Morgan fingerprint density at radius 2 is 1.68 bits per heavy atom. The highest BCUT2D eigenvalue weighted by atomic mass is 79.9. The Balaban J connectivity index is 1.79. The van der Waals surface area contributed by atoms with E-state index in [-0.39, 0.29) is 0 Å². The van der Waals surface area contributed by atoms with Gasteiger partial charge in [-0.15, -0.1) is 11.8 Å². The van der Waals surface area contributed by atoms with Gasteiger partial charge in [-0.3, -0.25) is 0 Å². The zero-order chi connectivity index (χ0) is 13.7. The fourth-order valence-electron chi connectivity index (χ4n) is 1.49. The summed E-state index contributed by atoms with van der Waals surface area (Å²) in [4.78, 5) is 1.09. The molecule has 0 aromatic heterocycles. The van der Waals surface area contributed by atoms with Crippen LogP contribution in [0.1, 0.15) is 0 Å². The maximum absolute atomic E-state index is 5.93. The van der Waals surface area contributed by atoms with Gasteiger partial charge in [-0.1, -0.05) is 31.9 Å². The maximum Gasteiger partial charge on any atom is 0.119 e. The molecule has 2 aromatic rings. The zero-order valence-corrected chi connectivity index (χ0v) is 14.1. The second kappa shape index (κ2) is 7.22. The van der Waals surface area contributed by atoms with E-state index in [2.05, 4.69) is 31.9 Å². The molecule has 2 rings (SSSR count). The Hall–Kier alpha value is -0.650. The van der Waals surface area contributed by atoms with Gasteiger partial charge < -0.3 is 10.5 Å². The van der Waals surface area contributed by atoms with Crippen molar-refractivity contribution in [2.75, 3.05) is 18.1 Å². The van der Waals surface area contributed by atoms with Gasteiger partial charge in [-0.2, -0.15) is 0 Å². The number of nitrogen functional groups attached to an aromatic ring is 1. The van der Waals surface area contributed by atoms with E-state index in [1.807, 2.05) is 42.5 Å². The molecule has 0 aliphatic rings. The smallest absolute Gasteiger partial charge is 0.119 e. The summed E-state index contributed by atoms with van der Waals surface area (Å²) in [7, 11) is 0. The maximum atomic E-state index is 5.93.